The van der Waals surface area contributed by atoms with Gasteiger partial charge < -0.3 is 9.31 Å². The van der Waals surface area contributed by atoms with Gasteiger partial charge in [0.15, 0.2) is 46.6 Å². The van der Waals surface area contributed by atoms with Crippen molar-refractivity contribution in [2.75, 3.05) is 0 Å². The number of benzene rings is 16. The second kappa shape index (κ2) is 33.8. The molecule has 1 aliphatic heterocycles. The normalized spacial score (nSPS) is 12.7. The van der Waals surface area contributed by atoms with E-state index in [1.54, 1.807) is 0 Å². The molecule has 12 nitrogen and oxygen atoms in total. The summed E-state index contributed by atoms with van der Waals surface area (Å²) in [5.41, 5.74) is 17.3. The van der Waals surface area contributed by atoms with Crippen molar-refractivity contribution >= 4 is 67.3 Å². The standard InChI is InChI=1S/C51H33N5.C36H31BN2O2.C21H14ClN3/c1-3-16-36(17-4-1)48-54-49(37-18-5-2-6-19-37)56-51(55-48)42-25-12-23-40(32-42)39-22-11-24-41(30-39)46-33-47(45-27-13-21-35-15-9-10-26-44(35)45)53-50(52-46)43-29-28-34-14-7-8-20-38(34)31-43;1-35(2)36(3,4)41-37(40-35)29-16-9-15-27(22-29)32-23-33(31-18-10-14-25-12-7-8-17-30(25)31)39-34(38-32)28-20-19-24-11-5-6-13-26(24)21-28;22-18-13-7-12-17(14-18)21-24-19(15-8-3-1-4-9-15)23-20(25-21)16-10-5-2-6-11-16/h1-33H;5-23H,1-4H3;1-14H. The fraction of sp³-hybridized carbons (Fsp3) is 0.0556. The quantitative estimate of drug-likeness (QED) is 0.0955. The first-order chi connectivity index (χ1) is 59.8. The lowest BCUT2D eigenvalue weighted by molar-refractivity contribution is 0.00578. The molecule has 5 heterocycles. The summed E-state index contributed by atoms with van der Waals surface area (Å²) < 4.78 is 12.7. The van der Waals surface area contributed by atoms with E-state index in [1.165, 1.54) is 21.5 Å². The topological polar surface area (TPSA) is 147 Å². The third-order valence-electron chi connectivity index (χ3n) is 22.4. The van der Waals surface area contributed by atoms with Crippen molar-refractivity contribution in [3.63, 3.8) is 0 Å². The Kier molecular flexibility index (Phi) is 21.3. The molecule has 0 bridgehead atoms. The van der Waals surface area contributed by atoms with Crippen LogP contribution in [0.5, 0.6) is 0 Å². The van der Waals surface area contributed by atoms with Crippen LogP contribution in [0.15, 0.2) is 400 Å². The van der Waals surface area contributed by atoms with E-state index in [1.807, 2.05) is 152 Å². The van der Waals surface area contributed by atoms with E-state index in [9.17, 15) is 0 Å². The first kappa shape index (κ1) is 77.0. The summed E-state index contributed by atoms with van der Waals surface area (Å²) in [5.74, 6) is 5.15. The molecular weight excluding hydrogens is 1520 g/mol. The summed E-state index contributed by atoms with van der Waals surface area (Å²) in [7, 11) is -0.445. The van der Waals surface area contributed by atoms with Crippen molar-refractivity contribution in [1.82, 2.24) is 49.8 Å². The Morgan fingerprint density at radius 1 is 0.205 bits per heavy atom. The van der Waals surface area contributed by atoms with E-state index in [0.717, 1.165) is 128 Å². The largest absolute Gasteiger partial charge is 0.494 e. The van der Waals surface area contributed by atoms with Crippen molar-refractivity contribution in [3.05, 3.63) is 405 Å². The Bertz CT molecular complexity index is 7120. The van der Waals surface area contributed by atoms with Gasteiger partial charge in [-0.15, -0.1) is 0 Å². The molecule has 0 unspecified atom stereocenters. The van der Waals surface area contributed by atoms with E-state index in [4.69, 9.17) is 55.8 Å². The van der Waals surface area contributed by atoms with E-state index < -0.39 is 18.3 Å². The highest BCUT2D eigenvalue weighted by atomic mass is 35.5. The van der Waals surface area contributed by atoms with E-state index in [0.29, 0.717) is 51.6 Å². The van der Waals surface area contributed by atoms with Crippen molar-refractivity contribution in [3.8, 4) is 147 Å². The van der Waals surface area contributed by atoms with Crippen LogP contribution in [0.3, 0.4) is 0 Å². The van der Waals surface area contributed by atoms with Gasteiger partial charge in [0.25, 0.3) is 0 Å². The Labute approximate surface area is 713 Å². The molecule has 21 rings (SSSR count). The maximum Gasteiger partial charge on any atom is 0.494 e. The van der Waals surface area contributed by atoms with Crippen LogP contribution in [0.2, 0.25) is 5.02 Å². The number of hydrogen-bond donors (Lipinski definition) is 0. The van der Waals surface area contributed by atoms with Crippen LogP contribution in [-0.2, 0) is 9.31 Å². The van der Waals surface area contributed by atoms with E-state index in [2.05, 4.69) is 291 Å². The lowest BCUT2D eigenvalue weighted by atomic mass is 9.78. The zero-order valence-electron chi connectivity index (χ0n) is 67.3. The molecule has 16 aromatic carbocycles. The van der Waals surface area contributed by atoms with Gasteiger partial charge in [0.05, 0.1) is 34.0 Å². The molecule has 20 aromatic rings. The Hall–Kier alpha value is -15.0. The third kappa shape index (κ3) is 16.5. The minimum Gasteiger partial charge on any atom is -0.399 e. The van der Waals surface area contributed by atoms with Crippen LogP contribution in [0.4, 0.5) is 0 Å². The predicted octanol–water partition coefficient (Wildman–Crippen LogP) is 26.2. The molecule has 0 radical (unpaired) electrons. The second-order valence-electron chi connectivity index (χ2n) is 31.1. The number of halogens is 1. The summed E-state index contributed by atoms with van der Waals surface area (Å²) in [6, 6.07) is 136. The number of rotatable bonds is 14. The zero-order chi connectivity index (χ0) is 82.5. The summed E-state index contributed by atoms with van der Waals surface area (Å²) in [6.45, 7) is 8.31. The second-order valence-corrected chi connectivity index (χ2v) is 31.5. The van der Waals surface area contributed by atoms with Crippen LogP contribution in [0.1, 0.15) is 27.7 Å². The molecular formula is C108H78BClN10O2. The fourth-order valence-corrected chi connectivity index (χ4v) is 15.5. The Balaban J connectivity index is 0.000000130. The molecule has 0 aliphatic carbocycles. The fourth-order valence-electron chi connectivity index (χ4n) is 15.3. The molecule has 14 heteroatoms. The average Bonchev–Trinajstić information content (AvgIpc) is 1.60. The SMILES string of the molecule is CC1(C)OB(c2cccc(-c3cc(-c4cccc5ccccc45)nc(-c4ccc5ccccc5c4)n3)c2)OC1(C)C.Clc1cccc(-c2nc(-c3ccccc3)nc(-c3ccccc3)n2)c1.c1ccc(-c2nc(-c3ccccc3)nc(-c3cccc(-c4cccc(-c5cc(-c6cccc7ccccc67)nc(-c6ccc7ccccc7c6)n5)c4)c3)n2)cc1. The van der Waals surface area contributed by atoms with Crippen LogP contribution in [0.25, 0.3) is 190 Å². The summed E-state index contributed by atoms with van der Waals surface area (Å²) >= 11 is 6.14. The van der Waals surface area contributed by atoms with Crippen LogP contribution in [0, 0.1) is 0 Å². The predicted molar refractivity (Wildman–Crippen MR) is 499 cm³/mol. The monoisotopic (exact) mass is 1590 g/mol. The molecule has 4 aromatic heterocycles. The molecule has 0 atom stereocenters. The maximum atomic E-state index is 6.36. The molecule has 0 saturated carbocycles. The highest BCUT2D eigenvalue weighted by molar-refractivity contribution is 6.62. The highest BCUT2D eigenvalue weighted by Crippen LogP contribution is 2.40. The van der Waals surface area contributed by atoms with Gasteiger partial charge in [0.2, 0.25) is 0 Å². The van der Waals surface area contributed by atoms with Gasteiger partial charge in [-0.3, -0.25) is 0 Å². The van der Waals surface area contributed by atoms with Crippen molar-refractivity contribution < 1.29 is 9.31 Å². The molecule has 0 spiro atoms. The summed E-state index contributed by atoms with van der Waals surface area (Å²) in [5, 5.41) is 10.0. The smallest absolute Gasteiger partial charge is 0.399 e. The number of aromatic nitrogens is 10. The molecule has 0 N–H and O–H groups in total. The number of fused-ring (bicyclic) bond motifs is 4. The molecule has 1 saturated heterocycles. The average molecular weight is 1590 g/mol. The molecule has 1 aliphatic rings. The van der Waals surface area contributed by atoms with Crippen molar-refractivity contribution in [2.24, 2.45) is 0 Å². The van der Waals surface area contributed by atoms with Gasteiger partial charge >= 0.3 is 7.12 Å². The van der Waals surface area contributed by atoms with Gasteiger partial charge in [-0.1, -0.05) is 363 Å². The van der Waals surface area contributed by atoms with E-state index >= 15 is 0 Å². The van der Waals surface area contributed by atoms with Gasteiger partial charge in [-0.25, -0.2) is 49.8 Å². The lowest BCUT2D eigenvalue weighted by Crippen LogP contribution is -2.41. The molecule has 0 amide bonds. The summed E-state index contributed by atoms with van der Waals surface area (Å²) in [4.78, 5) is 49.5. The van der Waals surface area contributed by atoms with Crippen LogP contribution < -0.4 is 5.46 Å². The third-order valence-corrected chi connectivity index (χ3v) is 22.6. The lowest BCUT2D eigenvalue weighted by Gasteiger charge is -2.32. The summed E-state index contributed by atoms with van der Waals surface area (Å²) in [6.07, 6.45) is 0. The van der Waals surface area contributed by atoms with Gasteiger partial charge in [-0.2, -0.15) is 0 Å². The first-order valence-electron chi connectivity index (χ1n) is 40.7. The number of hydrogen-bond acceptors (Lipinski definition) is 12. The highest BCUT2D eigenvalue weighted by Gasteiger charge is 2.52. The number of nitrogens with zero attached hydrogens (tertiary/aromatic N) is 10. The van der Waals surface area contributed by atoms with Crippen LogP contribution >= 0.6 is 11.6 Å². The molecule has 582 valence electrons. The van der Waals surface area contributed by atoms with Crippen molar-refractivity contribution in [2.45, 2.75) is 38.9 Å². The minimum atomic E-state index is -0.445. The van der Waals surface area contributed by atoms with E-state index in [-0.39, 0.29) is 0 Å². The first-order valence-corrected chi connectivity index (χ1v) is 41.1. The molecule has 1 fully saturated rings. The van der Waals surface area contributed by atoms with Crippen molar-refractivity contribution in [1.29, 1.82) is 0 Å². The minimum absolute atomic E-state index is 0.409. The molecule has 122 heavy (non-hydrogen) atoms. The maximum absolute atomic E-state index is 6.36. The Morgan fingerprint density at radius 2 is 0.492 bits per heavy atom. The Morgan fingerprint density at radius 3 is 0.918 bits per heavy atom. The van der Waals surface area contributed by atoms with Gasteiger partial charge in [0.1, 0.15) is 0 Å². The van der Waals surface area contributed by atoms with Crippen LogP contribution in [-0.4, -0.2) is 68.2 Å². The zero-order valence-corrected chi connectivity index (χ0v) is 68.1. The van der Waals surface area contributed by atoms with Gasteiger partial charge in [0, 0.05) is 66.2 Å². The van der Waals surface area contributed by atoms with Gasteiger partial charge in [-0.05, 0) is 141 Å².